The Bertz CT molecular complexity index is 414. The summed E-state index contributed by atoms with van der Waals surface area (Å²) in [5.41, 5.74) is 0.656. The van der Waals surface area contributed by atoms with Crippen molar-refractivity contribution in [1.82, 2.24) is 4.90 Å². The number of amides is 1. The van der Waals surface area contributed by atoms with Crippen molar-refractivity contribution >= 4 is 24.0 Å². The van der Waals surface area contributed by atoms with Crippen molar-refractivity contribution in [2.45, 2.75) is 17.7 Å². The summed E-state index contributed by atoms with van der Waals surface area (Å²) in [5, 5.41) is 0. The zero-order chi connectivity index (χ0) is 12.1. The third-order valence-electron chi connectivity index (χ3n) is 2.82. The van der Waals surface area contributed by atoms with E-state index in [2.05, 4.69) is 0 Å². The maximum absolute atomic E-state index is 11.8. The molecule has 1 saturated heterocycles. The second kappa shape index (κ2) is 5.87. The van der Waals surface area contributed by atoms with Gasteiger partial charge in [0, 0.05) is 23.5 Å². The molecule has 1 aromatic rings. The minimum atomic E-state index is 0.198. The van der Waals surface area contributed by atoms with Crippen LogP contribution in [0.2, 0.25) is 0 Å². The molecule has 0 saturated carbocycles. The molecular weight excluding hydrogens is 234 g/mol. The number of carbonyl (C=O) groups is 2. The van der Waals surface area contributed by atoms with Crippen molar-refractivity contribution < 1.29 is 9.59 Å². The van der Waals surface area contributed by atoms with E-state index in [1.165, 1.54) is 11.8 Å². The first-order chi connectivity index (χ1) is 8.29. The van der Waals surface area contributed by atoms with Gasteiger partial charge in [-0.3, -0.25) is 9.59 Å². The molecule has 1 amide bonds. The predicted molar refractivity (Wildman–Crippen MR) is 68.4 cm³/mol. The van der Waals surface area contributed by atoms with Crippen LogP contribution in [0.15, 0.2) is 29.2 Å². The number of thioether (sulfide) groups is 1. The minimum Gasteiger partial charge on any atom is -0.342 e. The molecule has 1 heterocycles. The lowest BCUT2D eigenvalue weighted by Gasteiger charge is -2.14. The number of likely N-dealkylation sites (tertiary alicyclic amines) is 1. The number of rotatable bonds is 4. The maximum atomic E-state index is 11.8. The Kier molecular flexibility index (Phi) is 4.20. The van der Waals surface area contributed by atoms with Gasteiger partial charge in [0.15, 0.2) is 0 Å². The van der Waals surface area contributed by atoms with Crippen molar-refractivity contribution in [2.75, 3.05) is 18.8 Å². The van der Waals surface area contributed by atoms with Gasteiger partial charge in [0.25, 0.3) is 0 Å². The summed E-state index contributed by atoms with van der Waals surface area (Å²) < 4.78 is 0. The summed E-state index contributed by atoms with van der Waals surface area (Å²) in [6.45, 7) is 1.79. The van der Waals surface area contributed by atoms with E-state index in [0.29, 0.717) is 11.3 Å². The van der Waals surface area contributed by atoms with E-state index in [9.17, 15) is 9.59 Å². The summed E-state index contributed by atoms with van der Waals surface area (Å²) in [6, 6.07) is 7.34. The van der Waals surface area contributed by atoms with Crippen LogP contribution in [-0.4, -0.2) is 35.9 Å². The average Bonchev–Trinajstić information content (AvgIpc) is 2.90. The number of hydrogen-bond acceptors (Lipinski definition) is 3. The number of nitrogens with zero attached hydrogens (tertiary/aromatic N) is 1. The van der Waals surface area contributed by atoms with Crippen molar-refractivity contribution in [1.29, 1.82) is 0 Å². The van der Waals surface area contributed by atoms with E-state index >= 15 is 0 Å². The number of benzene rings is 1. The first kappa shape index (κ1) is 12.2. The van der Waals surface area contributed by atoms with Crippen molar-refractivity contribution in [2.24, 2.45) is 0 Å². The van der Waals surface area contributed by atoms with E-state index in [0.717, 1.165) is 37.1 Å². The smallest absolute Gasteiger partial charge is 0.232 e. The highest BCUT2D eigenvalue weighted by Gasteiger charge is 2.17. The highest BCUT2D eigenvalue weighted by atomic mass is 32.2. The molecule has 90 valence electrons. The van der Waals surface area contributed by atoms with Gasteiger partial charge < -0.3 is 4.90 Å². The highest BCUT2D eigenvalue weighted by molar-refractivity contribution is 8.00. The lowest BCUT2D eigenvalue weighted by atomic mass is 10.2. The molecule has 1 aliphatic rings. The molecule has 0 aliphatic carbocycles. The Morgan fingerprint density at radius 1 is 1.35 bits per heavy atom. The second-order valence-corrected chi connectivity index (χ2v) is 5.12. The molecule has 0 unspecified atom stereocenters. The van der Waals surface area contributed by atoms with Gasteiger partial charge in [0.2, 0.25) is 5.91 Å². The standard InChI is InChI=1S/C13H15NO2S/c15-9-11-4-3-5-12(8-11)17-10-13(16)14-6-1-2-7-14/h3-5,8-9H,1-2,6-7,10H2. The number of hydrogen-bond donors (Lipinski definition) is 0. The van der Waals surface area contributed by atoms with Crippen LogP contribution in [0.1, 0.15) is 23.2 Å². The summed E-state index contributed by atoms with van der Waals surface area (Å²) in [7, 11) is 0. The molecule has 0 aromatic heterocycles. The molecule has 0 radical (unpaired) electrons. The molecule has 2 rings (SSSR count). The molecule has 0 bridgehead atoms. The zero-order valence-electron chi connectivity index (χ0n) is 9.59. The molecule has 0 N–H and O–H groups in total. The molecule has 0 spiro atoms. The third-order valence-corrected chi connectivity index (χ3v) is 3.79. The van der Waals surface area contributed by atoms with Crippen LogP contribution >= 0.6 is 11.8 Å². The number of aldehydes is 1. The first-order valence-corrected chi connectivity index (χ1v) is 6.74. The van der Waals surface area contributed by atoms with Crippen LogP contribution in [-0.2, 0) is 4.79 Å². The lowest BCUT2D eigenvalue weighted by molar-refractivity contribution is -0.127. The molecule has 3 nitrogen and oxygen atoms in total. The van der Waals surface area contributed by atoms with Gasteiger partial charge in [-0.05, 0) is 25.0 Å². The third kappa shape index (κ3) is 3.33. The Morgan fingerprint density at radius 2 is 2.12 bits per heavy atom. The maximum Gasteiger partial charge on any atom is 0.232 e. The minimum absolute atomic E-state index is 0.198. The van der Waals surface area contributed by atoms with Crippen molar-refractivity contribution in [3.63, 3.8) is 0 Å². The highest BCUT2D eigenvalue weighted by Crippen LogP contribution is 2.20. The van der Waals surface area contributed by atoms with Gasteiger partial charge in [-0.25, -0.2) is 0 Å². The molecule has 1 aromatic carbocycles. The van der Waals surface area contributed by atoms with Crippen LogP contribution in [0.25, 0.3) is 0 Å². The molecule has 0 atom stereocenters. The quantitative estimate of drug-likeness (QED) is 0.606. The summed E-state index contributed by atoms with van der Waals surface area (Å²) >= 11 is 1.49. The fourth-order valence-electron chi connectivity index (χ4n) is 1.88. The Labute approximate surface area is 105 Å². The topological polar surface area (TPSA) is 37.4 Å². The van der Waals surface area contributed by atoms with Gasteiger partial charge in [0.1, 0.15) is 6.29 Å². The van der Waals surface area contributed by atoms with Crippen LogP contribution in [0.4, 0.5) is 0 Å². The fourth-order valence-corrected chi connectivity index (χ4v) is 2.75. The fraction of sp³-hybridized carbons (Fsp3) is 0.385. The zero-order valence-corrected chi connectivity index (χ0v) is 10.4. The van der Waals surface area contributed by atoms with Crippen molar-refractivity contribution in [3.05, 3.63) is 29.8 Å². The summed E-state index contributed by atoms with van der Waals surface area (Å²) in [4.78, 5) is 25.3. The van der Waals surface area contributed by atoms with E-state index in [1.54, 1.807) is 6.07 Å². The average molecular weight is 249 g/mol. The predicted octanol–water partition coefficient (Wildman–Crippen LogP) is 2.21. The van der Waals surface area contributed by atoms with Gasteiger partial charge in [0.05, 0.1) is 5.75 Å². The van der Waals surface area contributed by atoms with E-state index in [4.69, 9.17) is 0 Å². The van der Waals surface area contributed by atoms with E-state index in [-0.39, 0.29) is 5.91 Å². The van der Waals surface area contributed by atoms with Crippen LogP contribution in [0.5, 0.6) is 0 Å². The van der Waals surface area contributed by atoms with E-state index < -0.39 is 0 Å². The lowest BCUT2D eigenvalue weighted by Crippen LogP contribution is -2.29. The molecule has 1 fully saturated rings. The molecular formula is C13H15NO2S. The number of carbonyl (C=O) groups excluding carboxylic acids is 2. The molecule has 17 heavy (non-hydrogen) atoms. The van der Waals surface area contributed by atoms with Gasteiger partial charge in [-0.15, -0.1) is 11.8 Å². The summed E-state index contributed by atoms with van der Waals surface area (Å²) in [6.07, 6.45) is 3.07. The van der Waals surface area contributed by atoms with Crippen LogP contribution < -0.4 is 0 Å². The van der Waals surface area contributed by atoms with Gasteiger partial charge in [-0.2, -0.15) is 0 Å². The second-order valence-electron chi connectivity index (χ2n) is 4.07. The monoisotopic (exact) mass is 249 g/mol. The van der Waals surface area contributed by atoms with Gasteiger partial charge in [-0.1, -0.05) is 12.1 Å². The Hall–Kier alpha value is -1.29. The molecule has 1 aliphatic heterocycles. The Morgan fingerprint density at radius 3 is 2.82 bits per heavy atom. The molecule has 4 heteroatoms. The van der Waals surface area contributed by atoms with Crippen LogP contribution in [0.3, 0.4) is 0 Å². The van der Waals surface area contributed by atoms with E-state index in [1.807, 2.05) is 23.1 Å². The Balaban J connectivity index is 1.88. The first-order valence-electron chi connectivity index (χ1n) is 5.75. The largest absolute Gasteiger partial charge is 0.342 e. The van der Waals surface area contributed by atoms with Crippen molar-refractivity contribution in [3.8, 4) is 0 Å². The van der Waals surface area contributed by atoms with Gasteiger partial charge >= 0.3 is 0 Å². The normalized spacial score (nSPS) is 14.9. The SMILES string of the molecule is O=Cc1cccc(SCC(=O)N2CCCC2)c1. The summed E-state index contributed by atoms with van der Waals surface area (Å²) in [5.74, 6) is 0.659. The van der Waals surface area contributed by atoms with Crippen LogP contribution in [0, 0.1) is 0 Å².